The summed E-state index contributed by atoms with van der Waals surface area (Å²) < 4.78 is 28.4. The Labute approximate surface area is 169 Å². The Morgan fingerprint density at radius 1 is 1.33 bits per heavy atom. The normalized spacial score (nSPS) is 19.7. The summed E-state index contributed by atoms with van der Waals surface area (Å²) in [5, 5.41) is 12.9. The lowest BCUT2D eigenvalue weighted by Gasteiger charge is -2.33. The first-order chi connectivity index (χ1) is 14.2. The summed E-state index contributed by atoms with van der Waals surface area (Å²) in [4.78, 5) is 39.8. The molecule has 30 heavy (non-hydrogen) atoms. The van der Waals surface area contributed by atoms with Crippen LogP contribution in [0.4, 0.5) is 8.78 Å². The Morgan fingerprint density at radius 3 is 2.73 bits per heavy atom. The van der Waals surface area contributed by atoms with Crippen molar-refractivity contribution in [1.82, 2.24) is 14.8 Å². The number of hydrogen-bond acceptors (Lipinski definition) is 5. The number of pyridine rings is 1. The van der Waals surface area contributed by atoms with Gasteiger partial charge in [-0.15, -0.1) is 0 Å². The van der Waals surface area contributed by atoms with E-state index >= 15 is 0 Å². The van der Waals surface area contributed by atoms with Crippen LogP contribution < -0.4 is 16.5 Å². The highest BCUT2D eigenvalue weighted by Crippen LogP contribution is 2.40. The van der Waals surface area contributed by atoms with Gasteiger partial charge in [0, 0.05) is 37.3 Å². The van der Waals surface area contributed by atoms with Crippen molar-refractivity contribution in [3.8, 4) is 5.75 Å². The fourth-order valence-electron chi connectivity index (χ4n) is 4.22. The van der Waals surface area contributed by atoms with Crippen LogP contribution in [-0.2, 0) is 6.54 Å². The Morgan fingerprint density at radius 2 is 2.07 bits per heavy atom. The number of nitrogens with two attached hydrogens (primary N) is 1. The minimum atomic E-state index is -1.00. The van der Waals surface area contributed by atoms with E-state index in [1.807, 2.05) is 0 Å². The molecule has 0 fully saturated rings. The molecular formula is C20H20F2N4O4. The van der Waals surface area contributed by atoms with Crippen molar-refractivity contribution in [2.24, 2.45) is 5.73 Å². The van der Waals surface area contributed by atoms with Crippen LogP contribution in [0.25, 0.3) is 0 Å². The molecule has 1 aromatic heterocycles. The van der Waals surface area contributed by atoms with Crippen LogP contribution in [0.3, 0.4) is 0 Å². The number of hydrogen-bond donors (Lipinski definition) is 3. The molecule has 2 aliphatic heterocycles. The van der Waals surface area contributed by atoms with Gasteiger partial charge in [0.15, 0.2) is 11.4 Å². The number of likely N-dealkylation sites (N-methyl/N-ethyl adjacent to an activating group) is 1. The lowest BCUT2D eigenvalue weighted by molar-refractivity contribution is 0.0675. The van der Waals surface area contributed by atoms with Gasteiger partial charge in [0.2, 0.25) is 5.43 Å². The van der Waals surface area contributed by atoms with E-state index in [0.717, 1.165) is 6.07 Å². The number of aromatic hydroxyl groups is 1. The van der Waals surface area contributed by atoms with Gasteiger partial charge in [-0.3, -0.25) is 14.4 Å². The quantitative estimate of drug-likeness (QED) is 0.689. The average Bonchev–Trinajstić information content (AvgIpc) is 3.02. The molecule has 8 nitrogen and oxygen atoms in total. The molecule has 2 atom stereocenters. The first-order valence-electron chi connectivity index (χ1n) is 9.52. The highest BCUT2D eigenvalue weighted by Gasteiger charge is 2.43. The maximum atomic E-state index is 13.8. The molecule has 2 aromatic rings. The van der Waals surface area contributed by atoms with Crippen LogP contribution in [0.2, 0.25) is 0 Å². The Kier molecular flexibility index (Phi) is 4.81. The molecule has 0 aliphatic carbocycles. The number of amides is 2. The van der Waals surface area contributed by atoms with Crippen molar-refractivity contribution in [2.45, 2.75) is 32.0 Å². The zero-order valence-electron chi connectivity index (χ0n) is 16.1. The van der Waals surface area contributed by atoms with Gasteiger partial charge in [-0.2, -0.15) is 0 Å². The number of rotatable bonds is 4. The van der Waals surface area contributed by atoms with Crippen LogP contribution in [0.15, 0.2) is 23.0 Å². The van der Waals surface area contributed by atoms with E-state index in [-0.39, 0.29) is 35.1 Å². The molecule has 3 heterocycles. The van der Waals surface area contributed by atoms with Crippen molar-refractivity contribution in [3.63, 3.8) is 0 Å². The SMILES string of the molecule is CCN1CC2CC(N)c3c(C(=O)NCc4ccc(F)cc4F)c(=O)c(O)c(n32)C1=O. The van der Waals surface area contributed by atoms with Crippen molar-refractivity contribution in [1.29, 1.82) is 0 Å². The fraction of sp³-hybridized carbons (Fsp3) is 0.350. The van der Waals surface area contributed by atoms with E-state index in [0.29, 0.717) is 25.6 Å². The summed E-state index contributed by atoms with van der Waals surface area (Å²) in [6.07, 6.45) is 0.395. The molecule has 1 aromatic carbocycles. The first kappa shape index (κ1) is 20.0. The van der Waals surface area contributed by atoms with Gasteiger partial charge in [-0.1, -0.05) is 6.07 Å². The van der Waals surface area contributed by atoms with Crippen molar-refractivity contribution in [2.75, 3.05) is 13.1 Å². The van der Waals surface area contributed by atoms with Gasteiger partial charge in [-0.25, -0.2) is 8.78 Å². The molecule has 10 heteroatoms. The van der Waals surface area contributed by atoms with E-state index in [2.05, 4.69) is 5.32 Å². The van der Waals surface area contributed by atoms with Crippen molar-refractivity contribution >= 4 is 11.8 Å². The van der Waals surface area contributed by atoms with Gasteiger partial charge < -0.3 is 25.6 Å². The maximum absolute atomic E-state index is 13.8. The molecule has 0 spiro atoms. The number of carbonyl (C=O) groups is 2. The third-order valence-electron chi connectivity index (χ3n) is 5.65. The average molecular weight is 418 g/mol. The second-order valence-electron chi connectivity index (χ2n) is 7.41. The minimum absolute atomic E-state index is 0.0272. The topological polar surface area (TPSA) is 118 Å². The number of carbonyl (C=O) groups excluding carboxylic acids is 2. The smallest absolute Gasteiger partial charge is 0.274 e. The summed E-state index contributed by atoms with van der Waals surface area (Å²) in [7, 11) is 0. The molecule has 2 amide bonds. The third kappa shape index (κ3) is 2.95. The Bertz CT molecular complexity index is 1130. The van der Waals surface area contributed by atoms with E-state index in [9.17, 15) is 28.3 Å². The molecule has 4 rings (SSSR count). The molecule has 0 saturated carbocycles. The largest absolute Gasteiger partial charge is 0.503 e. The summed E-state index contributed by atoms with van der Waals surface area (Å²) in [5.41, 5.74) is 4.86. The highest BCUT2D eigenvalue weighted by molar-refractivity contribution is 6.00. The van der Waals surface area contributed by atoms with Gasteiger partial charge in [-0.05, 0) is 19.4 Å². The van der Waals surface area contributed by atoms with Crippen molar-refractivity contribution < 1.29 is 23.5 Å². The number of nitrogens with zero attached hydrogens (tertiary/aromatic N) is 2. The monoisotopic (exact) mass is 418 g/mol. The summed E-state index contributed by atoms with van der Waals surface area (Å²) in [6.45, 7) is 2.24. The molecule has 0 radical (unpaired) electrons. The standard InChI is InChI=1S/C20H20F2N4O4/c1-2-25-8-11-6-13(23)15-14(17(27)18(28)16(20(25)30)26(11)15)19(29)24-7-9-3-4-10(21)5-12(9)22/h3-5,11,13,28H,2,6-8,23H2,1H3,(H,24,29). The van der Waals surface area contributed by atoms with Crippen LogP contribution >= 0.6 is 0 Å². The third-order valence-corrected chi connectivity index (χ3v) is 5.65. The molecule has 158 valence electrons. The summed E-state index contributed by atoms with van der Waals surface area (Å²) in [5.74, 6) is -3.76. The molecule has 0 saturated heterocycles. The zero-order valence-corrected chi connectivity index (χ0v) is 16.1. The molecule has 2 aliphatic rings. The fourth-order valence-corrected chi connectivity index (χ4v) is 4.22. The Balaban J connectivity index is 1.75. The Hall–Kier alpha value is -3.27. The second-order valence-corrected chi connectivity index (χ2v) is 7.41. The zero-order chi connectivity index (χ0) is 21.7. The van der Waals surface area contributed by atoms with Crippen LogP contribution in [0.5, 0.6) is 5.75 Å². The highest BCUT2D eigenvalue weighted by atomic mass is 19.1. The summed E-state index contributed by atoms with van der Waals surface area (Å²) >= 11 is 0. The van der Waals surface area contributed by atoms with Gasteiger partial charge >= 0.3 is 0 Å². The lowest BCUT2D eigenvalue weighted by Crippen LogP contribution is -2.44. The second kappa shape index (κ2) is 7.21. The molecule has 2 unspecified atom stereocenters. The van der Waals surface area contributed by atoms with E-state index in [1.165, 1.54) is 15.5 Å². The van der Waals surface area contributed by atoms with E-state index in [1.54, 1.807) is 6.92 Å². The molecular weight excluding hydrogens is 398 g/mol. The lowest BCUT2D eigenvalue weighted by atomic mass is 10.0. The first-order valence-corrected chi connectivity index (χ1v) is 9.52. The predicted molar refractivity (Wildman–Crippen MR) is 102 cm³/mol. The predicted octanol–water partition coefficient (Wildman–Crippen LogP) is 1.18. The van der Waals surface area contributed by atoms with E-state index in [4.69, 9.17) is 5.73 Å². The van der Waals surface area contributed by atoms with Gasteiger partial charge in [0.1, 0.15) is 17.2 Å². The van der Waals surface area contributed by atoms with Crippen LogP contribution in [-0.4, -0.2) is 39.5 Å². The number of nitrogens with one attached hydrogen (secondary N) is 1. The molecule has 4 N–H and O–H groups in total. The van der Waals surface area contributed by atoms with Crippen LogP contribution in [0.1, 0.15) is 57.5 Å². The number of halogens is 2. The minimum Gasteiger partial charge on any atom is -0.503 e. The summed E-state index contributed by atoms with van der Waals surface area (Å²) in [6, 6.07) is 1.97. The van der Waals surface area contributed by atoms with Gasteiger partial charge in [0.25, 0.3) is 11.8 Å². The number of aromatic nitrogens is 1. The number of benzene rings is 1. The van der Waals surface area contributed by atoms with Crippen molar-refractivity contribution in [3.05, 3.63) is 62.6 Å². The van der Waals surface area contributed by atoms with Gasteiger partial charge in [0.05, 0.1) is 11.7 Å². The molecule has 0 bridgehead atoms. The maximum Gasteiger partial charge on any atom is 0.274 e. The van der Waals surface area contributed by atoms with Crippen LogP contribution in [0, 0.1) is 11.6 Å². The van der Waals surface area contributed by atoms with E-state index < -0.39 is 40.7 Å².